The Morgan fingerprint density at radius 2 is 1.97 bits per heavy atom. The van der Waals surface area contributed by atoms with Crippen LogP contribution in [0.2, 0.25) is 0 Å². The molecule has 3 rings (SSSR count). The number of hydrogen-bond donors (Lipinski definition) is 1. The molecule has 1 aliphatic heterocycles. The van der Waals surface area contributed by atoms with E-state index in [1.54, 1.807) is 37.7 Å². The minimum absolute atomic E-state index is 0.0152. The Labute approximate surface area is 177 Å². The van der Waals surface area contributed by atoms with Crippen molar-refractivity contribution >= 4 is 23.1 Å². The van der Waals surface area contributed by atoms with Crippen LogP contribution in [0.15, 0.2) is 42.7 Å². The maximum absolute atomic E-state index is 12.8. The molecule has 1 saturated heterocycles. The lowest BCUT2D eigenvalue weighted by Crippen LogP contribution is -2.59. The summed E-state index contributed by atoms with van der Waals surface area (Å²) in [5.41, 5.74) is 2.18. The van der Waals surface area contributed by atoms with Gasteiger partial charge < -0.3 is 24.6 Å². The summed E-state index contributed by atoms with van der Waals surface area (Å²) in [5, 5.41) is 2.93. The van der Waals surface area contributed by atoms with E-state index in [1.165, 1.54) is 0 Å². The Hall–Kier alpha value is -3.31. The number of benzene rings is 1. The van der Waals surface area contributed by atoms with Gasteiger partial charge in [0.2, 0.25) is 5.69 Å². The van der Waals surface area contributed by atoms with Gasteiger partial charge in [-0.15, -0.1) is 0 Å². The molecular weight excluding hydrogens is 382 g/mol. The molecule has 0 saturated carbocycles. The normalized spacial score (nSPS) is 18.6. The Morgan fingerprint density at radius 1 is 1.20 bits per heavy atom. The fourth-order valence-corrected chi connectivity index (χ4v) is 3.52. The third-order valence-corrected chi connectivity index (χ3v) is 5.12. The van der Waals surface area contributed by atoms with Gasteiger partial charge in [0.1, 0.15) is 12.4 Å². The molecule has 0 aliphatic carbocycles. The van der Waals surface area contributed by atoms with Gasteiger partial charge in [0, 0.05) is 56.1 Å². The van der Waals surface area contributed by atoms with Crippen LogP contribution in [-0.2, 0) is 4.74 Å². The van der Waals surface area contributed by atoms with E-state index in [-0.39, 0.29) is 18.1 Å². The zero-order valence-corrected chi connectivity index (χ0v) is 17.5. The van der Waals surface area contributed by atoms with Gasteiger partial charge in [-0.3, -0.25) is 4.98 Å². The second kappa shape index (κ2) is 9.94. The second-order valence-electron chi connectivity index (χ2n) is 7.27. The van der Waals surface area contributed by atoms with Crippen molar-refractivity contribution in [1.29, 1.82) is 0 Å². The highest BCUT2D eigenvalue weighted by molar-refractivity contribution is 5.89. The predicted molar refractivity (Wildman–Crippen MR) is 116 cm³/mol. The standard InChI is InChI=1S/C22H27N5O3/c1-16-15-27(22(28)25-18-7-9-24-10-8-18)17(2)14-26(16)19-5-6-20(23-3)21(13-19)30-12-11-29-4/h5-10,13,16-17H,11-12,14-15H2,1-2,4H3,(H,24,25,28)/t16-,17+/m0/s1. The van der Waals surface area contributed by atoms with E-state index in [4.69, 9.17) is 16.0 Å². The predicted octanol–water partition coefficient (Wildman–Crippen LogP) is 3.79. The zero-order valence-electron chi connectivity index (χ0n) is 17.5. The highest BCUT2D eigenvalue weighted by Gasteiger charge is 2.32. The molecule has 0 unspecified atom stereocenters. The molecule has 1 N–H and O–H groups in total. The van der Waals surface area contributed by atoms with Crippen molar-refractivity contribution in [3.05, 3.63) is 54.1 Å². The molecule has 1 aromatic heterocycles. The lowest BCUT2D eigenvalue weighted by molar-refractivity contribution is 0.146. The van der Waals surface area contributed by atoms with Gasteiger partial charge >= 0.3 is 6.03 Å². The van der Waals surface area contributed by atoms with Crippen LogP contribution in [0.1, 0.15) is 13.8 Å². The molecule has 8 heteroatoms. The molecule has 8 nitrogen and oxygen atoms in total. The molecule has 2 atom stereocenters. The first-order chi connectivity index (χ1) is 14.5. The maximum atomic E-state index is 12.8. The summed E-state index contributed by atoms with van der Waals surface area (Å²) in [6.07, 6.45) is 3.30. The number of rotatable bonds is 6. The quantitative estimate of drug-likeness (QED) is 0.581. The first kappa shape index (κ1) is 21.4. The van der Waals surface area contributed by atoms with Gasteiger partial charge in [-0.25, -0.2) is 9.64 Å². The summed E-state index contributed by atoms with van der Waals surface area (Å²) in [4.78, 5) is 24.4. The molecule has 1 aliphatic rings. The number of amides is 2. The number of anilines is 2. The number of methoxy groups -OCH3 is 1. The fourth-order valence-electron chi connectivity index (χ4n) is 3.52. The van der Waals surface area contributed by atoms with Gasteiger partial charge in [-0.05, 0) is 38.1 Å². The van der Waals surface area contributed by atoms with Gasteiger partial charge in [0.05, 0.1) is 13.2 Å². The van der Waals surface area contributed by atoms with Gasteiger partial charge in [0.15, 0.2) is 0 Å². The molecule has 0 bridgehead atoms. The number of carbonyl (C=O) groups excluding carboxylic acids is 1. The lowest BCUT2D eigenvalue weighted by Gasteiger charge is -2.45. The minimum Gasteiger partial charge on any atom is -0.502 e. The van der Waals surface area contributed by atoms with Crippen molar-refractivity contribution in [2.45, 2.75) is 25.9 Å². The van der Waals surface area contributed by atoms with E-state index in [2.05, 4.69) is 27.0 Å². The molecule has 1 aromatic carbocycles. The molecule has 2 heterocycles. The molecule has 158 valence electrons. The third-order valence-electron chi connectivity index (χ3n) is 5.12. The largest absolute Gasteiger partial charge is 0.502 e. The summed E-state index contributed by atoms with van der Waals surface area (Å²) >= 11 is 0. The van der Waals surface area contributed by atoms with Crippen LogP contribution in [0.25, 0.3) is 4.85 Å². The lowest BCUT2D eigenvalue weighted by atomic mass is 10.1. The number of nitrogens with one attached hydrogen (secondary N) is 1. The van der Waals surface area contributed by atoms with Crippen LogP contribution in [0.3, 0.4) is 0 Å². The van der Waals surface area contributed by atoms with E-state index < -0.39 is 0 Å². The molecular formula is C22H27N5O3. The number of hydrogen-bond acceptors (Lipinski definition) is 5. The summed E-state index contributed by atoms with van der Waals surface area (Å²) in [7, 11) is 1.61. The van der Waals surface area contributed by atoms with Crippen LogP contribution in [-0.4, -0.2) is 61.4 Å². The molecule has 2 amide bonds. The number of urea groups is 1. The van der Waals surface area contributed by atoms with Crippen molar-refractivity contribution in [2.24, 2.45) is 0 Å². The van der Waals surface area contributed by atoms with Crippen molar-refractivity contribution in [3.8, 4) is 5.75 Å². The average molecular weight is 409 g/mol. The number of pyridine rings is 1. The van der Waals surface area contributed by atoms with Crippen LogP contribution >= 0.6 is 0 Å². The minimum atomic E-state index is -0.118. The summed E-state index contributed by atoms with van der Waals surface area (Å²) in [5.74, 6) is 0.553. The Morgan fingerprint density at radius 3 is 2.67 bits per heavy atom. The van der Waals surface area contributed by atoms with E-state index in [0.717, 1.165) is 11.4 Å². The first-order valence-electron chi connectivity index (χ1n) is 9.91. The van der Waals surface area contributed by atoms with E-state index in [0.29, 0.717) is 37.7 Å². The topological polar surface area (TPSA) is 71.3 Å². The van der Waals surface area contributed by atoms with Crippen LogP contribution in [0.4, 0.5) is 21.9 Å². The van der Waals surface area contributed by atoms with Crippen molar-refractivity contribution < 1.29 is 14.3 Å². The van der Waals surface area contributed by atoms with Gasteiger partial charge in [-0.2, -0.15) is 0 Å². The molecule has 0 spiro atoms. The highest BCUT2D eigenvalue weighted by atomic mass is 16.5. The third kappa shape index (κ3) is 4.99. The zero-order chi connectivity index (χ0) is 21.5. The number of aromatic nitrogens is 1. The van der Waals surface area contributed by atoms with E-state index in [1.807, 2.05) is 24.0 Å². The van der Waals surface area contributed by atoms with Gasteiger partial charge in [-0.1, -0.05) is 6.07 Å². The van der Waals surface area contributed by atoms with Crippen LogP contribution in [0, 0.1) is 6.57 Å². The average Bonchev–Trinajstić information content (AvgIpc) is 2.76. The highest BCUT2D eigenvalue weighted by Crippen LogP contribution is 2.34. The van der Waals surface area contributed by atoms with Crippen molar-refractivity contribution in [3.63, 3.8) is 0 Å². The number of ether oxygens (including phenoxy) is 2. The first-order valence-corrected chi connectivity index (χ1v) is 9.91. The molecule has 2 aromatic rings. The fraction of sp³-hybridized carbons (Fsp3) is 0.409. The van der Waals surface area contributed by atoms with Gasteiger partial charge in [0.25, 0.3) is 0 Å². The van der Waals surface area contributed by atoms with Crippen LogP contribution < -0.4 is 15.0 Å². The second-order valence-corrected chi connectivity index (χ2v) is 7.27. The number of nitrogens with zero attached hydrogens (tertiary/aromatic N) is 4. The molecule has 30 heavy (non-hydrogen) atoms. The Kier molecular flexibility index (Phi) is 7.09. The smallest absolute Gasteiger partial charge is 0.322 e. The van der Waals surface area contributed by atoms with Crippen LogP contribution in [0.5, 0.6) is 5.75 Å². The monoisotopic (exact) mass is 409 g/mol. The van der Waals surface area contributed by atoms with Crippen molar-refractivity contribution in [2.75, 3.05) is 43.6 Å². The summed E-state index contributed by atoms with van der Waals surface area (Å²) < 4.78 is 10.8. The maximum Gasteiger partial charge on any atom is 0.322 e. The van der Waals surface area contributed by atoms with Crippen molar-refractivity contribution in [1.82, 2.24) is 9.88 Å². The molecule has 0 radical (unpaired) electrons. The van der Waals surface area contributed by atoms with E-state index in [9.17, 15) is 4.79 Å². The Bertz CT molecular complexity index is 899. The summed E-state index contributed by atoms with van der Waals surface area (Å²) in [6, 6.07) is 9.16. The summed E-state index contributed by atoms with van der Waals surface area (Å²) in [6.45, 7) is 13.6. The Balaban J connectivity index is 1.71. The number of carbonyl (C=O) groups is 1. The number of piperazine rings is 1. The molecule has 1 fully saturated rings. The SMILES string of the molecule is [C-]#[N+]c1ccc(N2C[C@@H](C)N(C(=O)Nc3ccncc3)C[C@@H]2C)cc1OCCOC. The van der Waals surface area contributed by atoms with E-state index >= 15 is 0 Å².